The van der Waals surface area contributed by atoms with E-state index >= 15 is 0 Å². The summed E-state index contributed by atoms with van der Waals surface area (Å²) in [6.45, 7) is 5.71. The number of hydrogen-bond donors (Lipinski definition) is 1. The Kier molecular flexibility index (Phi) is 6.97. The van der Waals surface area contributed by atoms with Gasteiger partial charge in [-0.2, -0.15) is 0 Å². The molecule has 1 N–H and O–H groups in total. The number of ether oxygens (including phenoxy) is 3. The van der Waals surface area contributed by atoms with Gasteiger partial charge in [0.15, 0.2) is 6.61 Å². The van der Waals surface area contributed by atoms with E-state index in [1.807, 2.05) is 48.7 Å². The van der Waals surface area contributed by atoms with Crippen molar-refractivity contribution < 1.29 is 23.8 Å². The molecule has 1 heterocycles. The number of aryl methyl sites for hydroxylation is 1. The smallest absolute Gasteiger partial charge is 0.344 e. The number of anilines is 1. The molecular formula is C24H26N2O5. The van der Waals surface area contributed by atoms with Crippen molar-refractivity contribution in [1.29, 1.82) is 0 Å². The average Bonchev–Trinajstić information content (AvgIpc) is 3.07. The van der Waals surface area contributed by atoms with Gasteiger partial charge in [-0.25, -0.2) is 4.79 Å². The van der Waals surface area contributed by atoms with E-state index in [-0.39, 0.29) is 12.5 Å². The predicted octanol–water partition coefficient (Wildman–Crippen LogP) is 4.30. The SMILES string of the molecule is CCOC(=O)COc1cccc(NC(=O)c2cc(C)n(-c3ccc(OC)cc3)c2C)c1. The first-order chi connectivity index (χ1) is 14.9. The summed E-state index contributed by atoms with van der Waals surface area (Å²) in [5.41, 5.74) is 3.87. The molecule has 1 aromatic heterocycles. The van der Waals surface area contributed by atoms with Gasteiger partial charge in [0.05, 0.1) is 19.3 Å². The molecule has 0 aliphatic heterocycles. The number of esters is 1. The zero-order chi connectivity index (χ0) is 22.4. The Bertz CT molecular complexity index is 1070. The Morgan fingerprint density at radius 1 is 1.00 bits per heavy atom. The molecule has 3 aromatic rings. The molecule has 0 saturated heterocycles. The highest BCUT2D eigenvalue weighted by Crippen LogP contribution is 2.24. The van der Waals surface area contributed by atoms with Crippen LogP contribution in [0.2, 0.25) is 0 Å². The maximum Gasteiger partial charge on any atom is 0.344 e. The number of carbonyl (C=O) groups excluding carboxylic acids is 2. The monoisotopic (exact) mass is 422 g/mol. The summed E-state index contributed by atoms with van der Waals surface area (Å²) in [6, 6.07) is 16.4. The molecule has 7 heteroatoms. The maximum absolute atomic E-state index is 12.9. The van der Waals surface area contributed by atoms with Gasteiger partial charge < -0.3 is 24.1 Å². The molecule has 0 saturated carbocycles. The van der Waals surface area contributed by atoms with E-state index in [2.05, 4.69) is 5.32 Å². The van der Waals surface area contributed by atoms with Crippen LogP contribution in [0.15, 0.2) is 54.6 Å². The second-order valence-electron chi connectivity index (χ2n) is 6.89. The number of amides is 1. The first kappa shape index (κ1) is 22.0. The Labute approximate surface area is 181 Å². The molecule has 3 rings (SSSR count). The number of benzene rings is 2. The highest BCUT2D eigenvalue weighted by Gasteiger charge is 2.17. The van der Waals surface area contributed by atoms with E-state index in [1.54, 1.807) is 38.3 Å². The molecule has 2 aromatic carbocycles. The molecular weight excluding hydrogens is 396 g/mol. The van der Waals surface area contributed by atoms with Crippen molar-refractivity contribution in [1.82, 2.24) is 4.57 Å². The minimum atomic E-state index is -0.442. The molecule has 0 spiro atoms. The Morgan fingerprint density at radius 2 is 1.74 bits per heavy atom. The molecule has 1 amide bonds. The third kappa shape index (κ3) is 5.25. The maximum atomic E-state index is 12.9. The highest BCUT2D eigenvalue weighted by atomic mass is 16.6. The second-order valence-corrected chi connectivity index (χ2v) is 6.89. The highest BCUT2D eigenvalue weighted by molar-refractivity contribution is 6.05. The molecule has 0 fully saturated rings. The van der Waals surface area contributed by atoms with Crippen LogP contribution in [-0.2, 0) is 9.53 Å². The lowest BCUT2D eigenvalue weighted by molar-refractivity contribution is -0.145. The summed E-state index contributed by atoms with van der Waals surface area (Å²) in [5, 5.41) is 2.89. The predicted molar refractivity (Wildman–Crippen MR) is 118 cm³/mol. The van der Waals surface area contributed by atoms with Gasteiger partial charge in [-0.1, -0.05) is 6.07 Å². The third-order valence-electron chi connectivity index (χ3n) is 4.76. The van der Waals surface area contributed by atoms with Crippen molar-refractivity contribution in [2.24, 2.45) is 0 Å². The molecule has 0 radical (unpaired) electrons. The zero-order valence-electron chi connectivity index (χ0n) is 18.1. The van der Waals surface area contributed by atoms with E-state index in [1.165, 1.54) is 0 Å². The normalized spacial score (nSPS) is 10.5. The Balaban J connectivity index is 1.75. The van der Waals surface area contributed by atoms with Gasteiger partial charge in [0.2, 0.25) is 0 Å². The summed E-state index contributed by atoms with van der Waals surface area (Å²) < 4.78 is 17.5. The average molecular weight is 422 g/mol. The Morgan fingerprint density at radius 3 is 2.42 bits per heavy atom. The van der Waals surface area contributed by atoms with Gasteiger partial charge in [0.1, 0.15) is 11.5 Å². The topological polar surface area (TPSA) is 78.8 Å². The van der Waals surface area contributed by atoms with Crippen LogP contribution in [0.1, 0.15) is 28.7 Å². The van der Waals surface area contributed by atoms with Crippen LogP contribution in [0.25, 0.3) is 5.69 Å². The number of carbonyl (C=O) groups is 2. The van der Waals surface area contributed by atoms with Gasteiger partial charge in [-0.15, -0.1) is 0 Å². The summed E-state index contributed by atoms with van der Waals surface area (Å²) >= 11 is 0. The molecule has 0 unspecified atom stereocenters. The fraction of sp³-hybridized carbons (Fsp3) is 0.250. The fourth-order valence-corrected chi connectivity index (χ4v) is 3.33. The second kappa shape index (κ2) is 9.84. The largest absolute Gasteiger partial charge is 0.497 e. The van der Waals surface area contributed by atoms with Crippen LogP contribution in [0.4, 0.5) is 5.69 Å². The van der Waals surface area contributed by atoms with Crippen LogP contribution in [0.3, 0.4) is 0 Å². The molecule has 7 nitrogen and oxygen atoms in total. The van der Waals surface area contributed by atoms with Crippen LogP contribution in [0, 0.1) is 13.8 Å². The van der Waals surface area contributed by atoms with E-state index in [0.29, 0.717) is 23.6 Å². The van der Waals surface area contributed by atoms with Crippen molar-refractivity contribution >= 4 is 17.6 Å². The Hall–Kier alpha value is -3.74. The number of nitrogens with one attached hydrogen (secondary N) is 1. The molecule has 0 bridgehead atoms. The molecule has 31 heavy (non-hydrogen) atoms. The van der Waals surface area contributed by atoms with Crippen molar-refractivity contribution in [3.63, 3.8) is 0 Å². The summed E-state index contributed by atoms with van der Waals surface area (Å²) in [6.07, 6.45) is 0. The van der Waals surface area contributed by atoms with Crippen molar-refractivity contribution in [3.05, 3.63) is 71.5 Å². The quantitative estimate of drug-likeness (QED) is 0.548. The summed E-state index contributed by atoms with van der Waals surface area (Å²) in [4.78, 5) is 24.4. The van der Waals surface area contributed by atoms with Gasteiger partial charge in [-0.3, -0.25) is 4.79 Å². The molecule has 162 valence electrons. The van der Waals surface area contributed by atoms with E-state index in [4.69, 9.17) is 14.2 Å². The van der Waals surface area contributed by atoms with Crippen LogP contribution in [0.5, 0.6) is 11.5 Å². The number of aromatic nitrogens is 1. The zero-order valence-corrected chi connectivity index (χ0v) is 18.1. The number of nitrogens with zero attached hydrogens (tertiary/aromatic N) is 1. The minimum Gasteiger partial charge on any atom is -0.497 e. The van der Waals surface area contributed by atoms with Crippen molar-refractivity contribution in [2.45, 2.75) is 20.8 Å². The van der Waals surface area contributed by atoms with Crippen LogP contribution >= 0.6 is 0 Å². The number of methoxy groups -OCH3 is 1. The summed E-state index contributed by atoms with van der Waals surface area (Å²) in [5.74, 6) is 0.571. The van der Waals surface area contributed by atoms with E-state index in [9.17, 15) is 9.59 Å². The third-order valence-corrected chi connectivity index (χ3v) is 4.76. The molecule has 0 aliphatic carbocycles. The summed E-state index contributed by atoms with van der Waals surface area (Å²) in [7, 11) is 1.63. The lowest BCUT2D eigenvalue weighted by Gasteiger charge is -2.11. The lowest BCUT2D eigenvalue weighted by atomic mass is 10.2. The minimum absolute atomic E-state index is 0.186. The van der Waals surface area contributed by atoms with Crippen molar-refractivity contribution in [2.75, 3.05) is 25.6 Å². The number of hydrogen-bond acceptors (Lipinski definition) is 5. The fourth-order valence-electron chi connectivity index (χ4n) is 3.33. The van der Waals surface area contributed by atoms with Gasteiger partial charge in [-0.05, 0) is 63.2 Å². The van der Waals surface area contributed by atoms with E-state index in [0.717, 1.165) is 22.8 Å². The standard InChI is InChI=1S/C24H26N2O5/c1-5-30-23(27)15-31-21-8-6-7-18(14-21)25-24(28)22-13-16(2)26(17(22)3)19-9-11-20(29-4)12-10-19/h6-14H,5,15H2,1-4H3,(H,25,28). The number of rotatable bonds is 8. The van der Waals surface area contributed by atoms with Crippen LogP contribution in [-0.4, -0.2) is 36.8 Å². The first-order valence-electron chi connectivity index (χ1n) is 9.96. The first-order valence-corrected chi connectivity index (χ1v) is 9.96. The lowest BCUT2D eigenvalue weighted by Crippen LogP contribution is -2.15. The van der Waals surface area contributed by atoms with E-state index < -0.39 is 5.97 Å². The van der Waals surface area contributed by atoms with Crippen molar-refractivity contribution in [3.8, 4) is 17.2 Å². The molecule has 0 atom stereocenters. The van der Waals surface area contributed by atoms with Gasteiger partial charge in [0, 0.05) is 28.8 Å². The molecule has 0 aliphatic rings. The van der Waals surface area contributed by atoms with Crippen LogP contribution < -0.4 is 14.8 Å². The van der Waals surface area contributed by atoms with Gasteiger partial charge >= 0.3 is 5.97 Å². The van der Waals surface area contributed by atoms with Gasteiger partial charge in [0.25, 0.3) is 5.91 Å².